The average Bonchev–Trinajstić information content (AvgIpc) is 2.98. The van der Waals surface area contributed by atoms with Crippen LogP contribution in [0.15, 0.2) is 69.1 Å². The number of halogens is 1. The van der Waals surface area contributed by atoms with Gasteiger partial charge >= 0.3 is 0 Å². The van der Waals surface area contributed by atoms with Crippen molar-refractivity contribution in [3.63, 3.8) is 0 Å². The highest BCUT2D eigenvalue weighted by atomic mass is 19.1. The second-order valence-corrected chi connectivity index (χ2v) is 11.8. The predicted octanol–water partition coefficient (Wildman–Crippen LogP) is 2.87. The highest BCUT2D eigenvalue weighted by Gasteiger charge is 2.21. The number of benzene rings is 1. The molecule has 0 saturated carbocycles. The summed E-state index contributed by atoms with van der Waals surface area (Å²) < 4.78 is 17.7. The number of aliphatic imine (C=N–C) groups is 1. The predicted molar refractivity (Wildman–Crippen MR) is 170 cm³/mol. The number of hydrogen-bond acceptors (Lipinski definition) is 8. The van der Waals surface area contributed by atoms with Crippen molar-refractivity contribution in [1.82, 2.24) is 29.5 Å². The van der Waals surface area contributed by atoms with Crippen molar-refractivity contribution in [1.29, 1.82) is 0 Å². The summed E-state index contributed by atoms with van der Waals surface area (Å²) in [5.74, 6) is -0.365. The molecule has 11 nitrogen and oxygen atoms in total. The lowest BCUT2D eigenvalue weighted by Crippen LogP contribution is -2.42. The SMILES string of the molecule is CCN1CCN/C(=C\C(N)=Nc2cc(-c3ccnc(-n4ccc5cc(C(C)(C)C)cc(F)c5c4=O)c3CO)nn(C)c2=O)C1. The zero-order valence-corrected chi connectivity index (χ0v) is 25.6. The van der Waals surface area contributed by atoms with Gasteiger partial charge in [0.15, 0.2) is 0 Å². The van der Waals surface area contributed by atoms with Crippen LogP contribution in [-0.4, -0.2) is 61.4 Å². The molecular weight excluding hydrogens is 563 g/mol. The molecule has 0 spiro atoms. The first-order chi connectivity index (χ1) is 20.9. The molecule has 1 aromatic carbocycles. The van der Waals surface area contributed by atoms with Crippen LogP contribution >= 0.6 is 0 Å². The fourth-order valence-electron chi connectivity index (χ4n) is 5.28. The average molecular weight is 601 g/mol. The summed E-state index contributed by atoms with van der Waals surface area (Å²) in [4.78, 5) is 37.6. The summed E-state index contributed by atoms with van der Waals surface area (Å²) in [7, 11) is 1.49. The van der Waals surface area contributed by atoms with E-state index < -0.39 is 23.5 Å². The molecule has 0 amide bonds. The van der Waals surface area contributed by atoms with Crippen LogP contribution in [0.3, 0.4) is 0 Å². The first-order valence-electron chi connectivity index (χ1n) is 14.5. The van der Waals surface area contributed by atoms with E-state index in [0.717, 1.165) is 35.6 Å². The summed E-state index contributed by atoms with van der Waals surface area (Å²) in [6.45, 7) is 10.8. The lowest BCUT2D eigenvalue weighted by Gasteiger charge is -2.28. The molecule has 230 valence electrons. The van der Waals surface area contributed by atoms with Crippen LogP contribution in [0.1, 0.15) is 38.8 Å². The highest BCUT2D eigenvalue weighted by molar-refractivity contribution is 5.94. The van der Waals surface area contributed by atoms with Gasteiger partial charge in [0.05, 0.1) is 17.7 Å². The number of nitrogens with one attached hydrogen (secondary N) is 1. The topological polar surface area (TPSA) is 144 Å². The van der Waals surface area contributed by atoms with Crippen LogP contribution in [-0.2, 0) is 19.1 Å². The normalized spacial score (nSPS) is 15.6. The van der Waals surface area contributed by atoms with Crippen LogP contribution in [0, 0.1) is 5.82 Å². The van der Waals surface area contributed by atoms with Crippen molar-refractivity contribution in [2.75, 3.05) is 26.2 Å². The minimum Gasteiger partial charge on any atom is -0.392 e. The van der Waals surface area contributed by atoms with E-state index in [1.54, 1.807) is 18.2 Å². The number of aryl methyl sites for hydroxylation is 1. The molecule has 1 saturated heterocycles. The molecule has 0 bridgehead atoms. The largest absolute Gasteiger partial charge is 0.392 e. The number of aliphatic hydroxyl groups excluding tert-OH is 1. The second kappa shape index (κ2) is 12.1. The van der Waals surface area contributed by atoms with Gasteiger partial charge in [0.2, 0.25) is 0 Å². The molecule has 5 rings (SSSR count). The van der Waals surface area contributed by atoms with Gasteiger partial charge in [-0.1, -0.05) is 33.8 Å². The fourth-order valence-corrected chi connectivity index (χ4v) is 5.28. The summed E-state index contributed by atoms with van der Waals surface area (Å²) in [5, 5.41) is 18.6. The van der Waals surface area contributed by atoms with Crippen LogP contribution in [0.5, 0.6) is 0 Å². The van der Waals surface area contributed by atoms with Crippen molar-refractivity contribution >= 4 is 22.3 Å². The summed E-state index contributed by atoms with van der Waals surface area (Å²) >= 11 is 0. The van der Waals surface area contributed by atoms with Gasteiger partial charge in [0.25, 0.3) is 11.1 Å². The van der Waals surface area contributed by atoms with E-state index in [2.05, 4.69) is 32.2 Å². The number of hydrogen-bond donors (Lipinski definition) is 3. The van der Waals surface area contributed by atoms with Crippen molar-refractivity contribution in [3.8, 4) is 17.1 Å². The number of likely N-dealkylation sites (N-methyl/N-ethyl adjacent to an activating group) is 1. The monoisotopic (exact) mass is 600 g/mol. The van der Waals surface area contributed by atoms with Gasteiger partial charge in [-0.25, -0.2) is 19.0 Å². The van der Waals surface area contributed by atoms with Crippen molar-refractivity contribution in [3.05, 3.63) is 92.2 Å². The maximum atomic E-state index is 15.3. The summed E-state index contributed by atoms with van der Waals surface area (Å²) in [6.07, 6.45) is 4.68. The Labute approximate surface area is 254 Å². The van der Waals surface area contributed by atoms with E-state index in [1.165, 1.54) is 36.1 Å². The molecule has 0 radical (unpaired) electrons. The zero-order valence-electron chi connectivity index (χ0n) is 25.6. The van der Waals surface area contributed by atoms with Crippen molar-refractivity contribution in [2.45, 2.75) is 39.7 Å². The molecule has 1 aliphatic heterocycles. The Kier molecular flexibility index (Phi) is 8.49. The fraction of sp³-hybridized carbons (Fsp3) is 0.344. The molecular formula is C32H37FN8O3. The van der Waals surface area contributed by atoms with Crippen LogP contribution in [0.25, 0.3) is 27.8 Å². The van der Waals surface area contributed by atoms with Crippen molar-refractivity contribution < 1.29 is 9.50 Å². The molecule has 0 aliphatic carbocycles. The van der Waals surface area contributed by atoms with Gasteiger partial charge in [0, 0.05) is 62.0 Å². The van der Waals surface area contributed by atoms with Crippen molar-refractivity contribution in [2.24, 2.45) is 17.8 Å². The third-order valence-corrected chi connectivity index (χ3v) is 7.76. The third-order valence-electron chi connectivity index (χ3n) is 7.76. The van der Waals surface area contributed by atoms with E-state index in [1.807, 2.05) is 26.8 Å². The first kappa shape index (κ1) is 30.8. The van der Waals surface area contributed by atoms with E-state index in [9.17, 15) is 14.7 Å². The second-order valence-electron chi connectivity index (χ2n) is 11.8. The number of rotatable bonds is 6. The number of piperazine rings is 1. The maximum Gasteiger partial charge on any atom is 0.292 e. The number of aliphatic hydroxyl groups is 1. The summed E-state index contributed by atoms with van der Waals surface area (Å²) in [5.41, 5.74) is 7.56. The molecule has 1 fully saturated rings. The lowest BCUT2D eigenvalue weighted by atomic mass is 9.86. The molecule has 12 heteroatoms. The number of nitrogens with two attached hydrogens (primary N) is 1. The number of fused-ring (bicyclic) bond motifs is 1. The molecule has 1 aliphatic rings. The van der Waals surface area contributed by atoms with E-state index in [4.69, 9.17) is 5.73 Å². The van der Waals surface area contributed by atoms with Gasteiger partial charge in [-0.15, -0.1) is 0 Å². The molecule has 0 unspecified atom stereocenters. The van der Waals surface area contributed by atoms with Crippen LogP contribution < -0.4 is 22.2 Å². The summed E-state index contributed by atoms with van der Waals surface area (Å²) in [6, 6.07) is 7.94. The molecule has 0 atom stereocenters. The standard InChI is InChI=1S/C32H37FN8O3/c1-6-40-12-10-35-21(17-40)15-27(34)37-26-16-25(38-39(5)30(26)43)22-7-9-36-29(23(22)18-42)41-11-8-19-13-20(32(2,3)4)14-24(33)28(19)31(41)44/h7-9,11,13-16,35,42H,6,10,12,17-18H2,1-5H3,(H2,34,37)/b21-15-. The minimum absolute atomic E-state index is 0.0526. The number of nitrogens with zero attached hydrogens (tertiary/aromatic N) is 6. The quantitative estimate of drug-likeness (QED) is 0.227. The van der Waals surface area contributed by atoms with E-state index >= 15 is 4.39 Å². The third kappa shape index (κ3) is 6.03. The molecule has 44 heavy (non-hydrogen) atoms. The van der Waals surface area contributed by atoms with Gasteiger partial charge in [-0.3, -0.25) is 19.1 Å². The Morgan fingerprint density at radius 3 is 2.68 bits per heavy atom. The number of aromatic nitrogens is 4. The van der Waals surface area contributed by atoms with E-state index in [0.29, 0.717) is 23.2 Å². The molecule has 4 aromatic rings. The van der Waals surface area contributed by atoms with Crippen LogP contribution in [0.2, 0.25) is 0 Å². The molecule has 3 aromatic heterocycles. The smallest absolute Gasteiger partial charge is 0.292 e. The van der Waals surface area contributed by atoms with Gasteiger partial charge < -0.3 is 16.2 Å². The van der Waals surface area contributed by atoms with Gasteiger partial charge in [-0.05, 0) is 47.2 Å². The number of pyridine rings is 2. The Balaban J connectivity index is 1.60. The Morgan fingerprint density at radius 1 is 1.20 bits per heavy atom. The first-order valence-corrected chi connectivity index (χ1v) is 14.5. The highest BCUT2D eigenvalue weighted by Crippen LogP contribution is 2.29. The van der Waals surface area contributed by atoms with E-state index in [-0.39, 0.29) is 33.7 Å². The number of amidine groups is 1. The minimum atomic E-state index is -0.630. The Morgan fingerprint density at radius 2 is 1.98 bits per heavy atom. The molecule has 4 N–H and O–H groups in total. The Bertz CT molecular complexity index is 1920. The lowest BCUT2D eigenvalue weighted by molar-refractivity contribution is 0.280. The van der Waals surface area contributed by atoms with Crippen LogP contribution in [0.4, 0.5) is 10.1 Å². The molecule has 4 heterocycles. The van der Waals surface area contributed by atoms with Gasteiger partial charge in [-0.2, -0.15) is 5.10 Å². The Hall–Kier alpha value is -4.68. The van der Waals surface area contributed by atoms with Gasteiger partial charge in [0.1, 0.15) is 23.2 Å². The zero-order chi connectivity index (χ0) is 31.8. The maximum absolute atomic E-state index is 15.3.